The number of nitrogens with two attached hydrogens (primary N) is 1. The van der Waals surface area contributed by atoms with E-state index in [0.717, 1.165) is 12.3 Å². The predicted molar refractivity (Wildman–Crippen MR) is 68.6 cm³/mol. The molecule has 0 aliphatic carbocycles. The molecule has 1 saturated heterocycles. The number of hydrogen-bond donors (Lipinski definition) is 1. The van der Waals surface area contributed by atoms with Crippen molar-refractivity contribution in [2.45, 2.75) is 32.2 Å². The van der Waals surface area contributed by atoms with Crippen LogP contribution >= 0.6 is 23.1 Å². The molecular weight excluding hydrogens is 224 g/mol. The van der Waals surface area contributed by atoms with Crippen LogP contribution in [0.1, 0.15) is 23.2 Å². The number of nitrogens with zero attached hydrogens (tertiary/aromatic N) is 1. The van der Waals surface area contributed by atoms with Gasteiger partial charge in [-0.25, -0.2) is 4.98 Å². The molecule has 2 N–H and O–H groups in total. The quantitative estimate of drug-likeness (QED) is 0.881. The highest BCUT2D eigenvalue weighted by atomic mass is 32.2. The Balaban J connectivity index is 1.88. The Labute approximate surface area is 99.7 Å². The van der Waals surface area contributed by atoms with Crippen LogP contribution in [0.2, 0.25) is 0 Å². The van der Waals surface area contributed by atoms with Crippen LogP contribution in [-0.4, -0.2) is 22.5 Å². The van der Waals surface area contributed by atoms with Crippen molar-refractivity contribution in [3.05, 3.63) is 16.1 Å². The third kappa shape index (κ3) is 3.47. The molecule has 0 saturated carbocycles. The molecule has 2 unspecified atom stereocenters. The van der Waals surface area contributed by atoms with Gasteiger partial charge in [0.1, 0.15) is 0 Å². The monoisotopic (exact) mass is 242 g/mol. The SMILES string of the molecule is CC(N)Cc1cnc(CC2CCSC2)s1. The maximum absolute atomic E-state index is 5.77. The Kier molecular flexibility index (Phi) is 4.05. The van der Waals surface area contributed by atoms with E-state index in [-0.39, 0.29) is 6.04 Å². The minimum atomic E-state index is 0.250. The Morgan fingerprint density at radius 3 is 3.20 bits per heavy atom. The Bertz CT molecular complexity index is 303. The van der Waals surface area contributed by atoms with Gasteiger partial charge < -0.3 is 5.73 Å². The lowest BCUT2D eigenvalue weighted by molar-refractivity contribution is 0.594. The second-order valence-electron chi connectivity index (χ2n) is 4.34. The number of rotatable bonds is 4. The molecule has 1 fully saturated rings. The molecule has 0 spiro atoms. The molecule has 84 valence electrons. The fraction of sp³-hybridized carbons (Fsp3) is 0.727. The zero-order chi connectivity index (χ0) is 10.7. The van der Waals surface area contributed by atoms with E-state index in [4.69, 9.17) is 5.73 Å². The molecule has 1 aromatic heterocycles. The maximum atomic E-state index is 5.77. The van der Waals surface area contributed by atoms with E-state index in [1.54, 1.807) is 0 Å². The highest BCUT2D eigenvalue weighted by molar-refractivity contribution is 7.99. The van der Waals surface area contributed by atoms with E-state index in [0.29, 0.717) is 0 Å². The topological polar surface area (TPSA) is 38.9 Å². The minimum Gasteiger partial charge on any atom is -0.328 e. The van der Waals surface area contributed by atoms with Gasteiger partial charge in [0.25, 0.3) is 0 Å². The average Bonchev–Trinajstić information content (AvgIpc) is 2.77. The van der Waals surface area contributed by atoms with Crippen LogP contribution in [0.3, 0.4) is 0 Å². The minimum absolute atomic E-state index is 0.250. The molecule has 0 radical (unpaired) electrons. The first-order chi connectivity index (χ1) is 7.24. The van der Waals surface area contributed by atoms with E-state index in [1.165, 1.54) is 34.2 Å². The fourth-order valence-electron chi connectivity index (χ4n) is 1.85. The van der Waals surface area contributed by atoms with E-state index in [1.807, 2.05) is 24.5 Å². The van der Waals surface area contributed by atoms with Crippen LogP contribution in [0.5, 0.6) is 0 Å². The smallest absolute Gasteiger partial charge is 0.0930 e. The maximum Gasteiger partial charge on any atom is 0.0930 e. The molecule has 2 rings (SSSR count). The van der Waals surface area contributed by atoms with Gasteiger partial charge in [-0.05, 0) is 37.2 Å². The van der Waals surface area contributed by atoms with Gasteiger partial charge in [-0.1, -0.05) is 0 Å². The third-order valence-corrected chi connectivity index (χ3v) is 4.89. The van der Waals surface area contributed by atoms with Crippen molar-refractivity contribution in [3.8, 4) is 0 Å². The summed E-state index contributed by atoms with van der Waals surface area (Å²) in [5, 5.41) is 1.30. The predicted octanol–water partition coefficient (Wildman–Crippen LogP) is 2.33. The summed E-state index contributed by atoms with van der Waals surface area (Å²) in [5.74, 6) is 3.52. The Morgan fingerprint density at radius 1 is 1.67 bits per heavy atom. The molecule has 1 aliphatic rings. The van der Waals surface area contributed by atoms with Crippen molar-refractivity contribution in [2.75, 3.05) is 11.5 Å². The van der Waals surface area contributed by atoms with Crippen LogP contribution < -0.4 is 5.73 Å². The second kappa shape index (κ2) is 5.32. The van der Waals surface area contributed by atoms with Crippen molar-refractivity contribution in [2.24, 2.45) is 11.7 Å². The van der Waals surface area contributed by atoms with Gasteiger partial charge >= 0.3 is 0 Å². The van der Waals surface area contributed by atoms with Crippen molar-refractivity contribution in [1.29, 1.82) is 0 Å². The summed E-state index contributed by atoms with van der Waals surface area (Å²) < 4.78 is 0. The zero-order valence-electron chi connectivity index (χ0n) is 9.11. The Hall–Kier alpha value is -0.0600. The molecule has 2 nitrogen and oxygen atoms in total. The highest BCUT2D eigenvalue weighted by Gasteiger charge is 2.17. The summed E-state index contributed by atoms with van der Waals surface area (Å²) in [6.45, 7) is 2.05. The summed E-state index contributed by atoms with van der Waals surface area (Å²) in [5.41, 5.74) is 5.77. The number of thioether (sulfide) groups is 1. The molecule has 15 heavy (non-hydrogen) atoms. The standard InChI is InChI=1S/C11H18N2S2/c1-8(12)4-10-6-13-11(15-10)5-9-2-3-14-7-9/h6,8-9H,2-5,7,12H2,1H3. The van der Waals surface area contributed by atoms with Gasteiger partial charge in [0, 0.05) is 23.5 Å². The molecule has 1 aromatic rings. The second-order valence-corrected chi connectivity index (χ2v) is 6.69. The number of hydrogen-bond acceptors (Lipinski definition) is 4. The van der Waals surface area contributed by atoms with Crippen molar-refractivity contribution >= 4 is 23.1 Å². The summed E-state index contributed by atoms with van der Waals surface area (Å²) in [6.07, 6.45) is 5.52. The molecule has 1 aliphatic heterocycles. The van der Waals surface area contributed by atoms with Crippen molar-refractivity contribution in [3.63, 3.8) is 0 Å². The summed E-state index contributed by atoms with van der Waals surface area (Å²) in [6, 6.07) is 0.250. The van der Waals surface area contributed by atoms with Crippen LogP contribution in [0.25, 0.3) is 0 Å². The largest absolute Gasteiger partial charge is 0.328 e. The van der Waals surface area contributed by atoms with E-state index >= 15 is 0 Å². The lowest BCUT2D eigenvalue weighted by Gasteiger charge is -2.03. The summed E-state index contributed by atoms with van der Waals surface area (Å²) in [4.78, 5) is 5.83. The van der Waals surface area contributed by atoms with Crippen molar-refractivity contribution < 1.29 is 0 Å². The first-order valence-corrected chi connectivity index (χ1v) is 7.48. The average molecular weight is 242 g/mol. The van der Waals surface area contributed by atoms with Gasteiger partial charge in [-0.2, -0.15) is 11.8 Å². The van der Waals surface area contributed by atoms with Gasteiger partial charge in [-0.15, -0.1) is 11.3 Å². The van der Waals surface area contributed by atoms with Crippen molar-refractivity contribution in [1.82, 2.24) is 4.98 Å². The molecule has 2 atom stereocenters. The fourth-order valence-corrected chi connectivity index (χ4v) is 4.31. The molecular formula is C11H18N2S2. The molecule has 2 heterocycles. The zero-order valence-corrected chi connectivity index (χ0v) is 10.7. The lowest BCUT2D eigenvalue weighted by atomic mass is 10.1. The van der Waals surface area contributed by atoms with Gasteiger partial charge in [0.2, 0.25) is 0 Å². The number of thiazole rings is 1. The van der Waals surface area contributed by atoms with E-state index in [2.05, 4.69) is 16.7 Å². The molecule has 4 heteroatoms. The van der Waals surface area contributed by atoms with Crippen LogP contribution in [-0.2, 0) is 12.8 Å². The molecule has 0 bridgehead atoms. The third-order valence-electron chi connectivity index (χ3n) is 2.61. The summed E-state index contributed by atoms with van der Waals surface area (Å²) in [7, 11) is 0. The van der Waals surface area contributed by atoms with Crippen LogP contribution in [0.4, 0.5) is 0 Å². The Morgan fingerprint density at radius 2 is 2.53 bits per heavy atom. The highest BCUT2D eigenvalue weighted by Crippen LogP contribution is 2.28. The first kappa shape index (κ1) is 11.4. The number of aromatic nitrogens is 1. The van der Waals surface area contributed by atoms with Gasteiger partial charge in [0.15, 0.2) is 0 Å². The van der Waals surface area contributed by atoms with Crippen LogP contribution in [0.15, 0.2) is 6.20 Å². The first-order valence-electron chi connectivity index (χ1n) is 5.51. The van der Waals surface area contributed by atoms with Crippen LogP contribution in [0, 0.1) is 5.92 Å². The molecule has 0 amide bonds. The van der Waals surface area contributed by atoms with E-state index in [9.17, 15) is 0 Å². The lowest BCUT2D eigenvalue weighted by Crippen LogP contribution is -2.16. The van der Waals surface area contributed by atoms with E-state index < -0.39 is 0 Å². The van der Waals surface area contributed by atoms with Gasteiger partial charge in [0.05, 0.1) is 5.01 Å². The molecule has 0 aromatic carbocycles. The summed E-state index contributed by atoms with van der Waals surface area (Å²) >= 11 is 3.92. The van der Waals surface area contributed by atoms with Gasteiger partial charge in [-0.3, -0.25) is 0 Å². The normalized spacial score (nSPS) is 23.2.